The number of nitrogens with one attached hydrogen (secondary N) is 1. The number of hydrogen-bond acceptors (Lipinski definition) is 2. The molecule has 1 aliphatic heterocycles. The van der Waals surface area contributed by atoms with Crippen molar-refractivity contribution in [3.05, 3.63) is 17.3 Å². The van der Waals surface area contributed by atoms with Crippen molar-refractivity contribution in [3.63, 3.8) is 0 Å². The van der Waals surface area contributed by atoms with E-state index in [0.29, 0.717) is 12.0 Å². The Bertz CT molecular complexity index is 386. The van der Waals surface area contributed by atoms with Gasteiger partial charge in [0.05, 0.1) is 0 Å². The summed E-state index contributed by atoms with van der Waals surface area (Å²) in [6.45, 7) is 9.67. The Labute approximate surface area is 91.2 Å². The summed E-state index contributed by atoms with van der Waals surface area (Å²) >= 11 is 0. The van der Waals surface area contributed by atoms with Gasteiger partial charge >= 0.3 is 0 Å². The van der Waals surface area contributed by atoms with Gasteiger partial charge in [0.2, 0.25) is 0 Å². The van der Waals surface area contributed by atoms with Gasteiger partial charge in [-0.1, -0.05) is 13.8 Å². The maximum Gasteiger partial charge on any atom is 0.155 e. The van der Waals surface area contributed by atoms with Crippen LogP contribution in [0, 0.1) is 5.92 Å². The molecule has 0 aliphatic carbocycles. The van der Waals surface area contributed by atoms with Gasteiger partial charge in [-0.05, 0) is 31.4 Å². The second-order valence-corrected chi connectivity index (χ2v) is 4.73. The predicted molar refractivity (Wildman–Crippen MR) is 63.9 cm³/mol. The van der Waals surface area contributed by atoms with Crippen LogP contribution in [0.25, 0.3) is 6.08 Å². The maximum absolute atomic E-state index is 4.51. The summed E-state index contributed by atoms with van der Waals surface area (Å²) in [5, 5.41) is 7.87. The van der Waals surface area contributed by atoms with Crippen molar-refractivity contribution in [1.29, 1.82) is 0 Å². The number of nitrogens with zero attached hydrogens (tertiary/aromatic N) is 2. The zero-order chi connectivity index (χ0) is 11.0. The average Bonchev–Trinajstić information content (AvgIpc) is 2.59. The van der Waals surface area contributed by atoms with Crippen molar-refractivity contribution in [2.24, 2.45) is 5.92 Å². The molecule has 1 aliphatic rings. The van der Waals surface area contributed by atoms with E-state index in [0.717, 1.165) is 12.4 Å². The summed E-state index contributed by atoms with van der Waals surface area (Å²) in [6.07, 6.45) is 4.39. The van der Waals surface area contributed by atoms with Crippen LogP contribution in [-0.2, 0) is 0 Å². The first-order chi connectivity index (χ1) is 7.08. The quantitative estimate of drug-likeness (QED) is 0.804. The van der Waals surface area contributed by atoms with Gasteiger partial charge in [-0.3, -0.25) is 4.68 Å². The second-order valence-electron chi connectivity index (χ2n) is 4.73. The minimum atomic E-state index is 0.424. The fraction of sp³-hybridized carbons (Fsp3) is 0.583. The monoisotopic (exact) mass is 205 g/mol. The topological polar surface area (TPSA) is 29.9 Å². The average molecular weight is 205 g/mol. The molecule has 0 atom stereocenters. The Balaban J connectivity index is 2.34. The Kier molecular flexibility index (Phi) is 2.55. The minimum absolute atomic E-state index is 0.424. The van der Waals surface area contributed by atoms with Crippen LogP contribution < -0.4 is 5.32 Å². The molecule has 1 N–H and O–H groups in total. The lowest BCUT2D eigenvalue weighted by Gasteiger charge is -2.16. The summed E-state index contributed by atoms with van der Waals surface area (Å²) in [5.41, 5.74) is 2.67. The molecule has 2 heterocycles. The highest BCUT2D eigenvalue weighted by atomic mass is 15.3. The first-order valence-corrected chi connectivity index (χ1v) is 5.61. The smallest absolute Gasteiger partial charge is 0.155 e. The van der Waals surface area contributed by atoms with Gasteiger partial charge < -0.3 is 5.32 Å². The molecule has 3 heteroatoms. The molecule has 2 rings (SSSR count). The SMILES string of the molecule is CC(C)C1=Cc2cn(C(C)C)nc2NC1. The van der Waals surface area contributed by atoms with Gasteiger partial charge in [0.1, 0.15) is 0 Å². The minimum Gasteiger partial charge on any atom is -0.364 e. The van der Waals surface area contributed by atoms with E-state index in [4.69, 9.17) is 0 Å². The van der Waals surface area contributed by atoms with Crippen LogP contribution in [0.2, 0.25) is 0 Å². The third-order valence-electron chi connectivity index (χ3n) is 2.83. The molecular weight excluding hydrogens is 186 g/mol. The number of hydrogen-bond donors (Lipinski definition) is 1. The van der Waals surface area contributed by atoms with Crippen molar-refractivity contribution in [1.82, 2.24) is 9.78 Å². The highest BCUT2D eigenvalue weighted by Gasteiger charge is 2.15. The summed E-state index contributed by atoms with van der Waals surface area (Å²) in [5.74, 6) is 1.63. The molecule has 0 saturated carbocycles. The molecule has 0 saturated heterocycles. The van der Waals surface area contributed by atoms with Gasteiger partial charge in [-0.25, -0.2) is 0 Å². The fourth-order valence-electron chi connectivity index (χ4n) is 1.72. The lowest BCUT2D eigenvalue weighted by molar-refractivity contribution is 0.534. The first-order valence-electron chi connectivity index (χ1n) is 5.61. The van der Waals surface area contributed by atoms with Crippen molar-refractivity contribution in [2.45, 2.75) is 33.7 Å². The van der Waals surface area contributed by atoms with Gasteiger partial charge in [0.25, 0.3) is 0 Å². The molecule has 0 fully saturated rings. The highest BCUT2D eigenvalue weighted by Crippen LogP contribution is 2.26. The van der Waals surface area contributed by atoms with Crippen LogP contribution in [-0.4, -0.2) is 16.3 Å². The van der Waals surface area contributed by atoms with Crippen molar-refractivity contribution in [3.8, 4) is 0 Å². The van der Waals surface area contributed by atoms with E-state index < -0.39 is 0 Å². The zero-order valence-electron chi connectivity index (χ0n) is 9.91. The van der Waals surface area contributed by atoms with Crippen molar-refractivity contribution >= 4 is 11.9 Å². The summed E-state index contributed by atoms with van der Waals surface area (Å²) < 4.78 is 2.01. The van der Waals surface area contributed by atoms with E-state index >= 15 is 0 Å². The summed E-state index contributed by atoms with van der Waals surface area (Å²) in [4.78, 5) is 0. The Morgan fingerprint density at radius 2 is 2.07 bits per heavy atom. The highest BCUT2D eigenvalue weighted by molar-refractivity contribution is 5.68. The lowest BCUT2D eigenvalue weighted by atomic mass is 9.99. The first kappa shape index (κ1) is 10.3. The molecular formula is C12H19N3. The van der Waals surface area contributed by atoms with Crippen LogP contribution >= 0.6 is 0 Å². The van der Waals surface area contributed by atoms with E-state index in [9.17, 15) is 0 Å². The van der Waals surface area contributed by atoms with Crippen LogP contribution in [0.1, 0.15) is 39.3 Å². The van der Waals surface area contributed by atoms with Gasteiger partial charge in [-0.15, -0.1) is 0 Å². The van der Waals surface area contributed by atoms with Crippen LogP contribution in [0.4, 0.5) is 5.82 Å². The molecule has 0 aromatic carbocycles. The Morgan fingerprint density at radius 1 is 1.33 bits per heavy atom. The molecule has 0 bridgehead atoms. The molecule has 0 amide bonds. The van der Waals surface area contributed by atoms with Crippen molar-refractivity contribution < 1.29 is 0 Å². The lowest BCUT2D eigenvalue weighted by Crippen LogP contribution is -2.13. The standard InChI is InChI=1S/C12H19N3/c1-8(2)10-5-11-7-15(9(3)4)14-12(11)13-6-10/h5,7-9H,6H2,1-4H3,(H,13,14). The normalized spacial score (nSPS) is 15.2. The second kappa shape index (κ2) is 3.72. The van der Waals surface area contributed by atoms with E-state index in [1.54, 1.807) is 0 Å². The van der Waals surface area contributed by atoms with Gasteiger partial charge in [0, 0.05) is 24.3 Å². The molecule has 15 heavy (non-hydrogen) atoms. The van der Waals surface area contributed by atoms with E-state index in [1.807, 2.05) is 4.68 Å². The molecule has 0 spiro atoms. The van der Waals surface area contributed by atoms with Crippen LogP contribution in [0.15, 0.2) is 11.8 Å². The molecule has 0 radical (unpaired) electrons. The molecule has 3 nitrogen and oxygen atoms in total. The Morgan fingerprint density at radius 3 is 2.67 bits per heavy atom. The van der Waals surface area contributed by atoms with Crippen LogP contribution in [0.3, 0.4) is 0 Å². The van der Waals surface area contributed by atoms with E-state index in [-0.39, 0.29) is 0 Å². The summed E-state index contributed by atoms with van der Waals surface area (Å²) in [6, 6.07) is 0.424. The number of fused-ring (bicyclic) bond motifs is 1. The third kappa shape index (κ3) is 1.91. The number of rotatable bonds is 2. The largest absolute Gasteiger partial charge is 0.364 e. The maximum atomic E-state index is 4.51. The van der Waals surface area contributed by atoms with Crippen molar-refractivity contribution in [2.75, 3.05) is 11.9 Å². The van der Waals surface area contributed by atoms with Gasteiger partial charge in [0.15, 0.2) is 5.82 Å². The molecule has 82 valence electrons. The molecule has 1 aromatic heterocycles. The summed E-state index contributed by atoms with van der Waals surface area (Å²) in [7, 11) is 0. The zero-order valence-corrected chi connectivity index (χ0v) is 9.91. The molecule has 1 aromatic rings. The van der Waals surface area contributed by atoms with E-state index in [2.05, 4.69) is 50.4 Å². The molecule has 0 unspecified atom stereocenters. The third-order valence-corrected chi connectivity index (χ3v) is 2.83. The predicted octanol–water partition coefficient (Wildman–Crippen LogP) is 2.93. The Hall–Kier alpha value is -1.25. The number of aromatic nitrogens is 2. The number of anilines is 1. The van der Waals surface area contributed by atoms with E-state index in [1.165, 1.54) is 11.1 Å². The van der Waals surface area contributed by atoms with Crippen LogP contribution in [0.5, 0.6) is 0 Å². The fourth-order valence-corrected chi connectivity index (χ4v) is 1.72. The van der Waals surface area contributed by atoms with Gasteiger partial charge in [-0.2, -0.15) is 5.10 Å².